The molecular formula is C10H20F3N3O2S. The highest BCUT2D eigenvalue weighted by Gasteiger charge is 2.42. The lowest BCUT2D eigenvalue weighted by Crippen LogP contribution is -2.56. The summed E-state index contributed by atoms with van der Waals surface area (Å²) < 4.78 is 64.6. The summed E-state index contributed by atoms with van der Waals surface area (Å²) in [6.45, 7) is 3.42. The Morgan fingerprint density at radius 1 is 1.32 bits per heavy atom. The summed E-state index contributed by atoms with van der Waals surface area (Å²) in [4.78, 5) is 0. The van der Waals surface area contributed by atoms with E-state index in [1.54, 1.807) is 13.8 Å². The van der Waals surface area contributed by atoms with Crippen LogP contribution >= 0.6 is 0 Å². The molecule has 0 bridgehead atoms. The van der Waals surface area contributed by atoms with Crippen molar-refractivity contribution in [1.82, 2.24) is 14.3 Å². The first-order valence-electron chi connectivity index (χ1n) is 6.09. The number of piperidine rings is 1. The molecule has 0 spiro atoms. The van der Waals surface area contributed by atoms with E-state index >= 15 is 0 Å². The molecule has 1 aliphatic heterocycles. The lowest BCUT2D eigenvalue weighted by molar-refractivity contribution is -0.160. The van der Waals surface area contributed by atoms with Gasteiger partial charge in [-0.15, -0.1) is 0 Å². The van der Waals surface area contributed by atoms with Gasteiger partial charge in [0, 0.05) is 25.7 Å². The second-order valence-electron chi connectivity index (χ2n) is 5.01. The molecule has 0 aromatic carbocycles. The monoisotopic (exact) mass is 303 g/mol. The summed E-state index contributed by atoms with van der Waals surface area (Å²) in [5, 5.41) is 2.33. The lowest BCUT2D eigenvalue weighted by atomic mass is 10.0. The fourth-order valence-electron chi connectivity index (χ4n) is 1.81. The minimum Gasteiger partial charge on any atom is -0.305 e. The average molecular weight is 303 g/mol. The average Bonchev–Trinajstić information content (AvgIpc) is 2.26. The van der Waals surface area contributed by atoms with Crippen LogP contribution in [0.3, 0.4) is 0 Å². The molecular weight excluding hydrogens is 283 g/mol. The summed E-state index contributed by atoms with van der Waals surface area (Å²) in [7, 11) is -2.22. The lowest BCUT2D eigenvalue weighted by Gasteiger charge is -2.32. The van der Waals surface area contributed by atoms with Crippen molar-refractivity contribution in [2.45, 2.75) is 51.0 Å². The number of hydrogen-bond acceptors (Lipinski definition) is 3. The fourth-order valence-corrected chi connectivity index (χ4v) is 3.15. The predicted molar refractivity (Wildman–Crippen MR) is 65.8 cm³/mol. The molecule has 1 aliphatic rings. The van der Waals surface area contributed by atoms with Crippen LogP contribution in [0.4, 0.5) is 13.2 Å². The van der Waals surface area contributed by atoms with Gasteiger partial charge in [-0.25, -0.2) is 0 Å². The molecule has 1 heterocycles. The molecule has 9 heteroatoms. The Bertz CT molecular complexity index is 389. The first-order chi connectivity index (χ1) is 8.54. The van der Waals surface area contributed by atoms with E-state index in [0.717, 1.165) is 4.31 Å². The molecule has 0 aromatic heterocycles. The van der Waals surface area contributed by atoms with Crippen LogP contribution in [0, 0.1) is 0 Å². The smallest absolute Gasteiger partial charge is 0.305 e. The van der Waals surface area contributed by atoms with Crippen LogP contribution in [0.15, 0.2) is 0 Å². The molecule has 2 atom stereocenters. The molecule has 2 N–H and O–H groups in total. The zero-order valence-electron chi connectivity index (χ0n) is 11.2. The van der Waals surface area contributed by atoms with Gasteiger partial charge in [0.05, 0.1) is 0 Å². The van der Waals surface area contributed by atoms with Crippen molar-refractivity contribution in [1.29, 1.82) is 0 Å². The first-order valence-corrected chi connectivity index (χ1v) is 7.53. The molecule has 2 unspecified atom stereocenters. The Kier molecular flexibility index (Phi) is 5.21. The highest BCUT2D eigenvalue weighted by atomic mass is 32.2. The third-order valence-corrected chi connectivity index (χ3v) is 5.04. The van der Waals surface area contributed by atoms with Gasteiger partial charge in [-0.3, -0.25) is 0 Å². The Hall–Kier alpha value is -0.380. The van der Waals surface area contributed by atoms with E-state index in [4.69, 9.17) is 0 Å². The van der Waals surface area contributed by atoms with Crippen LogP contribution in [-0.2, 0) is 10.2 Å². The van der Waals surface area contributed by atoms with Gasteiger partial charge < -0.3 is 5.32 Å². The molecule has 1 fully saturated rings. The van der Waals surface area contributed by atoms with Crippen molar-refractivity contribution in [3.8, 4) is 0 Å². The first kappa shape index (κ1) is 16.7. The van der Waals surface area contributed by atoms with Crippen molar-refractivity contribution >= 4 is 10.2 Å². The topological polar surface area (TPSA) is 61.4 Å². The van der Waals surface area contributed by atoms with Gasteiger partial charge in [-0.05, 0) is 26.7 Å². The number of nitrogens with one attached hydrogen (secondary N) is 2. The predicted octanol–water partition coefficient (Wildman–Crippen LogP) is 0.844. The van der Waals surface area contributed by atoms with Gasteiger partial charge in [0.1, 0.15) is 6.04 Å². The number of alkyl halides is 3. The maximum Gasteiger partial charge on any atom is 0.403 e. The van der Waals surface area contributed by atoms with Crippen LogP contribution in [0.2, 0.25) is 0 Å². The molecule has 0 saturated carbocycles. The molecule has 114 valence electrons. The molecule has 0 aliphatic carbocycles. The van der Waals surface area contributed by atoms with Gasteiger partial charge in [0.15, 0.2) is 0 Å². The van der Waals surface area contributed by atoms with Crippen molar-refractivity contribution in [2.75, 3.05) is 13.6 Å². The van der Waals surface area contributed by atoms with Gasteiger partial charge in [0.2, 0.25) is 0 Å². The third-order valence-electron chi connectivity index (χ3n) is 3.23. The molecule has 19 heavy (non-hydrogen) atoms. The van der Waals surface area contributed by atoms with E-state index < -0.39 is 28.5 Å². The van der Waals surface area contributed by atoms with Crippen molar-refractivity contribution in [2.24, 2.45) is 0 Å². The van der Waals surface area contributed by atoms with Crippen LogP contribution in [0.1, 0.15) is 26.7 Å². The SMILES string of the molecule is CC(C)N(C)S(=O)(=O)NC1CCC(C(F)(F)F)NC1. The van der Waals surface area contributed by atoms with E-state index in [0.29, 0.717) is 0 Å². The van der Waals surface area contributed by atoms with Gasteiger partial charge >= 0.3 is 6.18 Å². The van der Waals surface area contributed by atoms with Crippen LogP contribution < -0.4 is 10.0 Å². The van der Waals surface area contributed by atoms with Gasteiger partial charge in [0.25, 0.3) is 10.2 Å². The quantitative estimate of drug-likeness (QED) is 0.809. The minimum atomic E-state index is -4.28. The van der Waals surface area contributed by atoms with Gasteiger partial charge in [-0.1, -0.05) is 0 Å². The maximum absolute atomic E-state index is 12.4. The molecule has 0 amide bonds. The standard InChI is InChI=1S/C10H20F3N3O2S/c1-7(2)16(3)19(17,18)15-8-4-5-9(14-6-8)10(11,12)13/h7-9,14-15H,4-6H2,1-3H3. The van der Waals surface area contributed by atoms with Crippen LogP contribution in [0.25, 0.3) is 0 Å². The number of hydrogen-bond donors (Lipinski definition) is 2. The van der Waals surface area contributed by atoms with Crippen molar-refractivity contribution in [3.05, 3.63) is 0 Å². The summed E-state index contributed by atoms with van der Waals surface area (Å²) in [5.74, 6) is 0. The van der Waals surface area contributed by atoms with Crippen molar-refractivity contribution < 1.29 is 21.6 Å². The normalized spacial score (nSPS) is 26.1. The fraction of sp³-hybridized carbons (Fsp3) is 1.00. The van der Waals surface area contributed by atoms with Gasteiger partial charge in [-0.2, -0.15) is 30.6 Å². The highest BCUT2D eigenvalue weighted by Crippen LogP contribution is 2.26. The zero-order chi connectivity index (χ0) is 14.8. The number of rotatable bonds is 4. The minimum absolute atomic E-state index is 0.0185. The van der Waals surface area contributed by atoms with E-state index in [-0.39, 0.29) is 25.4 Å². The van der Waals surface area contributed by atoms with E-state index in [1.807, 2.05) is 0 Å². The summed E-state index contributed by atoms with van der Waals surface area (Å²) in [6.07, 6.45) is -4.23. The number of nitrogens with zero attached hydrogens (tertiary/aromatic N) is 1. The second-order valence-corrected chi connectivity index (χ2v) is 6.77. The van der Waals surface area contributed by atoms with E-state index in [9.17, 15) is 21.6 Å². The second kappa shape index (κ2) is 5.94. The number of halogens is 3. The Morgan fingerprint density at radius 2 is 1.89 bits per heavy atom. The van der Waals surface area contributed by atoms with Crippen LogP contribution in [0.5, 0.6) is 0 Å². The van der Waals surface area contributed by atoms with E-state index in [1.165, 1.54) is 7.05 Å². The molecule has 5 nitrogen and oxygen atoms in total. The molecule has 1 rings (SSSR count). The largest absolute Gasteiger partial charge is 0.403 e. The maximum atomic E-state index is 12.4. The highest BCUT2D eigenvalue weighted by molar-refractivity contribution is 7.87. The molecule has 0 radical (unpaired) electrons. The van der Waals surface area contributed by atoms with E-state index in [2.05, 4.69) is 10.0 Å². The summed E-state index contributed by atoms with van der Waals surface area (Å²) in [6, 6.07) is -2.27. The third kappa shape index (κ3) is 4.59. The Balaban J connectivity index is 2.54. The molecule has 1 saturated heterocycles. The summed E-state index contributed by atoms with van der Waals surface area (Å²) >= 11 is 0. The van der Waals surface area contributed by atoms with Crippen molar-refractivity contribution in [3.63, 3.8) is 0 Å². The Labute approximate surface area is 111 Å². The van der Waals surface area contributed by atoms with Crippen LogP contribution in [-0.4, -0.2) is 50.6 Å². The Morgan fingerprint density at radius 3 is 2.26 bits per heavy atom. The zero-order valence-corrected chi connectivity index (χ0v) is 12.0. The molecule has 0 aromatic rings. The summed E-state index contributed by atoms with van der Waals surface area (Å²) in [5.41, 5.74) is 0.